The molecule has 0 radical (unpaired) electrons. The summed E-state index contributed by atoms with van der Waals surface area (Å²) in [6.45, 7) is 3.46. The van der Waals surface area contributed by atoms with Crippen LogP contribution in [0, 0.1) is 5.92 Å². The molecule has 2 fully saturated rings. The smallest absolute Gasteiger partial charge is 0.191 e. The second-order valence-electron chi connectivity index (χ2n) is 6.65. The van der Waals surface area contributed by atoms with Gasteiger partial charge in [-0.3, -0.25) is 4.99 Å². The summed E-state index contributed by atoms with van der Waals surface area (Å²) in [7, 11) is 1.83. The first-order valence-corrected chi connectivity index (χ1v) is 8.88. The highest BCUT2D eigenvalue weighted by Crippen LogP contribution is 2.35. The molecule has 0 bridgehead atoms. The van der Waals surface area contributed by atoms with Crippen molar-refractivity contribution in [3.63, 3.8) is 0 Å². The van der Waals surface area contributed by atoms with E-state index in [2.05, 4.69) is 27.8 Å². The van der Waals surface area contributed by atoms with E-state index in [1.807, 2.05) is 19.2 Å². The Morgan fingerprint density at radius 3 is 2.67 bits per heavy atom. The Labute approximate surface area is 166 Å². The summed E-state index contributed by atoms with van der Waals surface area (Å²) in [5.41, 5.74) is 1.35. The fourth-order valence-corrected chi connectivity index (χ4v) is 3.37. The van der Waals surface area contributed by atoms with E-state index in [-0.39, 0.29) is 29.4 Å². The molecular formula is C18H27ClIN3O. The molecule has 1 aromatic carbocycles. The molecule has 1 saturated carbocycles. The molecule has 2 aliphatic rings. The number of hydrogen-bond acceptors (Lipinski definition) is 2. The van der Waals surface area contributed by atoms with Gasteiger partial charge in [0, 0.05) is 43.8 Å². The van der Waals surface area contributed by atoms with Crippen molar-refractivity contribution in [2.45, 2.75) is 31.1 Å². The van der Waals surface area contributed by atoms with Crippen molar-refractivity contribution in [2.75, 3.05) is 33.4 Å². The molecule has 1 saturated heterocycles. The fourth-order valence-electron chi connectivity index (χ4n) is 3.18. The summed E-state index contributed by atoms with van der Waals surface area (Å²) in [5.74, 6) is 1.73. The van der Waals surface area contributed by atoms with Crippen molar-refractivity contribution in [3.8, 4) is 0 Å². The molecule has 1 aliphatic carbocycles. The molecule has 0 spiro atoms. The lowest BCUT2D eigenvalue weighted by Crippen LogP contribution is -2.48. The predicted octanol–water partition coefficient (Wildman–Crippen LogP) is 3.58. The van der Waals surface area contributed by atoms with Crippen molar-refractivity contribution in [3.05, 3.63) is 34.9 Å². The van der Waals surface area contributed by atoms with Crippen LogP contribution in [0.2, 0.25) is 5.02 Å². The lowest BCUT2D eigenvalue weighted by atomic mass is 9.74. The molecule has 0 unspecified atom stereocenters. The van der Waals surface area contributed by atoms with Gasteiger partial charge < -0.3 is 15.4 Å². The molecule has 134 valence electrons. The van der Waals surface area contributed by atoms with Crippen molar-refractivity contribution >= 4 is 41.5 Å². The average molecular weight is 464 g/mol. The Bertz CT molecular complexity index is 557. The highest BCUT2D eigenvalue weighted by molar-refractivity contribution is 14.0. The van der Waals surface area contributed by atoms with Crippen LogP contribution in [0.1, 0.15) is 31.2 Å². The zero-order valence-electron chi connectivity index (χ0n) is 14.2. The maximum Gasteiger partial charge on any atom is 0.191 e. The van der Waals surface area contributed by atoms with Crippen LogP contribution in [0.5, 0.6) is 0 Å². The van der Waals surface area contributed by atoms with E-state index >= 15 is 0 Å². The van der Waals surface area contributed by atoms with E-state index in [4.69, 9.17) is 16.3 Å². The largest absolute Gasteiger partial charge is 0.381 e. The number of benzene rings is 1. The summed E-state index contributed by atoms with van der Waals surface area (Å²) < 4.78 is 5.59. The number of nitrogens with one attached hydrogen (secondary N) is 2. The van der Waals surface area contributed by atoms with Crippen molar-refractivity contribution in [2.24, 2.45) is 10.9 Å². The molecule has 6 heteroatoms. The van der Waals surface area contributed by atoms with E-state index < -0.39 is 0 Å². The zero-order valence-corrected chi connectivity index (χ0v) is 17.3. The zero-order chi connectivity index (χ0) is 16.1. The van der Waals surface area contributed by atoms with E-state index in [1.165, 1.54) is 18.4 Å². The lowest BCUT2D eigenvalue weighted by molar-refractivity contribution is 0.0514. The normalized spacial score (nSPS) is 20.2. The van der Waals surface area contributed by atoms with Crippen LogP contribution in [0.15, 0.2) is 29.3 Å². The maximum absolute atomic E-state index is 6.22. The van der Waals surface area contributed by atoms with Crippen LogP contribution >= 0.6 is 35.6 Å². The number of aliphatic imine (C=N–C) groups is 1. The lowest BCUT2D eigenvalue weighted by Gasteiger charge is -2.38. The molecule has 24 heavy (non-hydrogen) atoms. The molecule has 4 nitrogen and oxygen atoms in total. The Balaban J connectivity index is 0.00000208. The van der Waals surface area contributed by atoms with Crippen LogP contribution in [-0.4, -0.2) is 39.3 Å². The van der Waals surface area contributed by atoms with Crippen molar-refractivity contribution in [1.29, 1.82) is 0 Å². The molecule has 3 rings (SSSR count). The van der Waals surface area contributed by atoms with E-state index in [1.54, 1.807) is 0 Å². The quantitative estimate of drug-likeness (QED) is 0.399. The standard InChI is InChI=1S/C18H26ClN3O.HI/c1-20-17(21-12-14-5-6-14)22-13-18(7-9-23-10-8-18)15-3-2-4-16(19)11-15;/h2-4,11,14H,5-10,12-13H2,1H3,(H2,20,21,22);1H. The van der Waals surface area contributed by atoms with Crippen LogP contribution in [0.25, 0.3) is 0 Å². The van der Waals surface area contributed by atoms with Crippen LogP contribution in [0.3, 0.4) is 0 Å². The van der Waals surface area contributed by atoms with Crippen molar-refractivity contribution < 1.29 is 4.74 Å². The highest BCUT2D eigenvalue weighted by Gasteiger charge is 2.35. The first-order valence-electron chi connectivity index (χ1n) is 8.50. The topological polar surface area (TPSA) is 45.7 Å². The number of guanidine groups is 1. The number of halogens is 2. The van der Waals surface area contributed by atoms with Crippen molar-refractivity contribution in [1.82, 2.24) is 10.6 Å². The molecule has 0 amide bonds. The maximum atomic E-state index is 6.22. The third-order valence-corrected chi connectivity index (χ3v) is 5.19. The van der Waals surface area contributed by atoms with Gasteiger partial charge in [-0.1, -0.05) is 23.7 Å². The number of ether oxygens (including phenoxy) is 1. The van der Waals surface area contributed by atoms with Gasteiger partial charge in [-0.05, 0) is 49.3 Å². The van der Waals surface area contributed by atoms with E-state index in [0.717, 1.165) is 56.0 Å². The van der Waals surface area contributed by atoms with Gasteiger partial charge in [-0.25, -0.2) is 0 Å². The predicted molar refractivity (Wildman–Crippen MR) is 111 cm³/mol. The van der Waals surface area contributed by atoms with Crippen LogP contribution in [-0.2, 0) is 10.2 Å². The van der Waals surface area contributed by atoms with Gasteiger partial charge in [0.15, 0.2) is 5.96 Å². The first kappa shape index (κ1) is 19.8. The van der Waals surface area contributed by atoms with Crippen LogP contribution in [0.4, 0.5) is 0 Å². The summed E-state index contributed by atoms with van der Waals surface area (Å²) in [6, 6.07) is 8.24. The van der Waals surface area contributed by atoms with E-state index in [0.29, 0.717) is 0 Å². The Hall–Kier alpha value is -0.530. The van der Waals surface area contributed by atoms with Crippen LogP contribution < -0.4 is 10.6 Å². The number of rotatable bonds is 5. The first-order chi connectivity index (χ1) is 11.2. The Kier molecular flexibility index (Phi) is 7.62. The molecule has 1 aliphatic heterocycles. The second kappa shape index (κ2) is 9.25. The minimum absolute atomic E-state index is 0. The third-order valence-electron chi connectivity index (χ3n) is 4.96. The van der Waals surface area contributed by atoms with E-state index in [9.17, 15) is 0 Å². The minimum Gasteiger partial charge on any atom is -0.381 e. The van der Waals surface area contributed by atoms with Gasteiger partial charge in [0.1, 0.15) is 0 Å². The van der Waals surface area contributed by atoms with Gasteiger partial charge in [-0.15, -0.1) is 24.0 Å². The second-order valence-corrected chi connectivity index (χ2v) is 7.09. The molecule has 1 aromatic rings. The molecule has 0 aromatic heterocycles. The Morgan fingerprint density at radius 1 is 1.29 bits per heavy atom. The summed E-state index contributed by atoms with van der Waals surface area (Å²) >= 11 is 6.22. The fraction of sp³-hybridized carbons (Fsp3) is 0.611. The summed E-state index contributed by atoms with van der Waals surface area (Å²) in [4.78, 5) is 4.35. The molecular weight excluding hydrogens is 437 g/mol. The van der Waals surface area contributed by atoms with Gasteiger partial charge in [0.2, 0.25) is 0 Å². The molecule has 2 N–H and O–H groups in total. The van der Waals surface area contributed by atoms with Gasteiger partial charge in [0.05, 0.1) is 0 Å². The number of hydrogen-bond donors (Lipinski definition) is 2. The molecule has 0 atom stereocenters. The SMILES string of the molecule is CN=C(NCC1CC1)NCC1(c2cccc(Cl)c2)CCOCC1.I. The summed E-state index contributed by atoms with van der Waals surface area (Å²) in [6.07, 6.45) is 4.68. The van der Waals surface area contributed by atoms with Gasteiger partial charge in [-0.2, -0.15) is 0 Å². The average Bonchev–Trinajstić information content (AvgIpc) is 3.40. The Morgan fingerprint density at radius 2 is 2.04 bits per heavy atom. The van der Waals surface area contributed by atoms with Gasteiger partial charge >= 0.3 is 0 Å². The highest BCUT2D eigenvalue weighted by atomic mass is 127. The van der Waals surface area contributed by atoms with Gasteiger partial charge in [0.25, 0.3) is 0 Å². The summed E-state index contributed by atoms with van der Waals surface area (Å²) in [5, 5.41) is 7.75. The monoisotopic (exact) mass is 463 g/mol. The minimum atomic E-state index is 0. The third kappa shape index (κ3) is 5.23. The molecule has 1 heterocycles. The number of nitrogens with zero attached hydrogens (tertiary/aromatic N) is 1.